The summed E-state index contributed by atoms with van der Waals surface area (Å²) >= 11 is 0. The predicted molar refractivity (Wildman–Crippen MR) is 63.2 cm³/mol. The lowest BCUT2D eigenvalue weighted by atomic mass is 9.88. The molecule has 1 heterocycles. The fourth-order valence-electron chi connectivity index (χ4n) is 2.27. The highest BCUT2D eigenvalue weighted by atomic mass is 19.1. The largest absolute Gasteiger partial charge is 0.478 e. The third-order valence-electron chi connectivity index (χ3n) is 3.38. The Hall–Kier alpha value is -1.65. The number of carboxylic acid groups (broad SMARTS) is 1. The Morgan fingerprint density at radius 1 is 1.50 bits per heavy atom. The molecule has 4 nitrogen and oxygen atoms in total. The number of halogens is 1. The summed E-state index contributed by atoms with van der Waals surface area (Å²) in [5.74, 6) is -2.05. The molecule has 0 radical (unpaired) electrons. The highest BCUT2D eigenvalue weighted by Gasteiger charge is 2.25. The van der Waals surface area contributed by atoms with Crippen molar-refractivity contribution in [2.45, 2.75) is 38.7 Å². The van der Waals surface area contributed by atoms with E-state index in [1.165, 1.54) is 6.20 Å². The Bertz CT molecular complexity index is 450. The van der Waals surface area contributed by atoms with E-state index in [0.29, 0.717) is 5.92 Å². The molecule has 0 aliphatic heterocycles. The third-order valence-corrected chi connectivity index (χ3v) is 3.38. The molecule has 1 N–H and O–H groups in total. The number of carboxylic acids is 1. The van der Waals surface area contributed by atoms with Crippen LogP contribution in [0, 0.1) is 11.7 Å². The molecule has 2 atom stereocenters. The van der Waals surface area contributed by atoms with Crippen molar-refractivity contribution in [2.75, 3.05) is 0 Å². The predicted octanol–water partition coefficient (Wildman–Crippen LogP) is 2.88. The van der Waals surface area contributed by atoms with Crippen LogP contribution in [0.2, 0.25) is 0 Å². The van der Waals surface area contributed by atoms with E-state index in [2.05, 4.69) is 11.9 Å². The summed E-state index contributed by atoms with van der Waals surface area (Å²) in [7, 11) is 0. The van der Waals surface area contributed by atoms with Crippen LogP contribution in [0.1, 0.15) is 43.0 Å². The molecule has 1 saturated carbocycles. The van der Waals surface area contributed by atoms with Crippen LogP contribution in [0.15, 0.2) is 12.3 Å². The summed E-state index contributed by atoms with van der Waals surface area (Å²) in [6.07, 6.45) is 5.30. The van der Waals surface area contributed by atoms with E-state index >= 15 is 0 Å². The van der Waals surface area contributed by atoms with Crippen molar-refractivity contribution in [1.82, 2.24) is 4.98 Å². The van der Waals surface area contributed by atoms with Crippen LogP contribution in [-0.4, -0.2) is 22.2 Å². The summed E-state index contributed by atoms with van der Waals surface area (Å²) < 4.78 is 19.4. The standard InChI is InChI=1S/C13H16FNO3/c1-8-4-2-3-5-10(8)18-12-11(14)9(13(16)17)6-7-15-12/h6-8,10H,2-5H2,1H3,(H,16,17). The maximum absolute atomic E-state index is 13.8. The molecule has 0 amide bonds. The Kier molecular flexibility index (Phi) is 3.79. The van der Waals surface area contributed by atoms with Crippen molar-refractivity contribution >= 4 is 5.97 Å². The van der Waals surface area contributed by atoms with Crippen LogP contribution in [0.3, 0.4) is 0 Å². The van der Waals surface area contributed by atoms with Gasteiger partial charge in [0.2, 0.25) is 0 Å². The normalized spacial score (nSPS) is 23.7. The number of nitrogens with zero attached hydrogens (tertiary/aromatic N) is 1. The quantitative estimate of drug-likeness (QED) is 0.899. The molecule has 2 unspecified atom stereocenters. The smallest absolute Gasteiger partial charge is 0.338 e. The van der Waals surface area contributed by atoms with Gasteiger partial charge in [-0.3, -0.25) is 0 Å². The molecule has 0 saturated heterocycles. The van der Waals surface area contributed by atoms with E-state index in [4.69, 9.17) is 9.84 Å². The number of rotatable bonds is 3. The summed E-state index contributed by atoms with van der Waals surface area (Å²) in [5.41, 5.74) is -0.400. The first-order valence-electron chi connectivity index (χ1n) is 6.14. The lowest BCUT2D eigenvalue weighted by Crippen LogP contribution is -2.29. The van der Waals surface area contributed by atoms with Crippen molar-refractivity contribution in [2.24, 2.45) is 5.92 Å². The van der Waals surface area contributed by atoms with E-state index in [0.717, 1.165) is 31.7 Å². The Morgan fingerprint density at radius 2 is 2.22 bits per heavy atom. The fraction of sp³-hybridized carbons (Fsp3) is 0.538. The molecule has 0 spiro atoms. The molecule has 0 aromatic carbocycles. The van der Waals surface area contributed by atoms with Crippen LogP contribution in [0.25, 0.3) is 0 Å². The molecule has 5 heteroatoms. The summed E-state index contributed by atoms with van der Waals surface area (Å²) in [6.45, 7) is 2.06. The second-order valence-corrected chi connectivity index (χ2v) is 4.70. The van der Waals surface area contributed by atoms with Gasteiger partial charge in [-0.15, -0.1) is 0 Å². The Balaban J connectivity index is 2.18. The van der Waals surface area contributed by atoms with E-state index in [9.17, 15) is 9.18 Å². The van der Waals surface area contributed by atoms with E-state index < -0.39 is 17.3 Å². The van der Waals surface area contributed by atoms with E-state index in [-0.39, 0.29) is 12.0 Å². The van der Waals surface area contributed by atoms with Crippen molar-refractivity contribution in [3.63, 3.8) is 0 Å². The van der Waals surface area contributed by atoms with Crippen LogP contribution >= 0.6 is 0 Å². The maximum Gasteiger partial charge on any atom is 0.338 e. The first-order chi connectivity index (χ1) is 8.59. The summed E-state index contributed by atoms with van der Waals surface area (Å²) in [6, 6.07) is 1.13. The van der Waals surface area contributed by atoms with Crippen molar-refractivity contribution in [1.29, 1.82) is 0 Å². The number of aromatic nitrogens is 1. The molecule has 1 fully saturated rings. The monoisotopic (exact) mass is 253 g/mol. The molecule has 0 bridgehead atoms. The average Bonchev–Trinajstić information content (AvgIpc) is 2.34. The van der Waals surface area contributed by atoms with Crippen molar-refractivity contribution in [3.05, 3.63) is 23.6 Å². The SMILES string of the molecule is CC1CCCCC1Oc1nccc(C(=O)O)c1F. The van der Waals surface area contributed by atoms with Crippen LogP contribution in [0.5, 0.6) is 5.88 Å². The zero-order chi connectivity index (χ0) is 13.1. The van der Waals surface area contributed by atoms with Gasteiger partial charge < -0.3 is 9.84 Å². The maximum atomic E-state index is 13.8. The molecule has 2 rings (SSSR count). The number of ether oxygens (including phenoxy) is 1. The van der Waals surface area contributed by atoms with Gasteiger partial charge >= 0.3 is 5.97 Å². The van der Waals surface area contributed by atoms with Gasteiger partial charge in [0.1, 0.15) is 11.7 Å². The van der Waals surface area contributed by atoms with Crippen molar-refractivity contribution < 1.29 is 19.0 Å². The minimum Gasteiger partial charge on any atom is -0.478 e. The Morgan fingerprint density at radius 3 is 2.89 bits per heavy atom. The second-order valence-electron chi connectivity index (χ2n) is 4.70. The van der Waals surface area contributed by atoms with E-state index in [1.807, 2.05) is 0 Å². The number of hydrogen-bond donors (Lipinski definition) is 1. The summed E-state index contributed by atoms with van der Waals surface area (Å²) in [4.78, 5) is 14.6. The minimum absolute atomic E-state index is 0.0789. The van der Waals surface area contributed by atoms with Gasteiger partial charge in [-0.2, -0.15) is 0 Å². The topological polar surface area (TPSA) is 59.4 Å². The number of hydrogen-bond acceptors (Lipinski definition) is 3. The second kappa shape index (κ2) is 5.33. The highest BCUT2D eigenvalue weighted by Crippen LogP contribution is 2.28. The van der Waals surface area contributed by atoms with Crippen molar-refractivity contribution in [3.8, 4) is 5.88 Å². The lowest BCUT2D eigenvalue weighted by Gasteiger charge is -2.28. The van der Waals surface area contributed by atoms with Gasteiger partial charge in [0.25, 0.3) is 5.88 Å². The first-order valence-corrected chi connectivity index (χ1v) is 6.14. The zero-order valence-electron chi connectivity index (χ0n) is 10.2. The fourth-order valence-corrected chi connectivity index (χ4v) is 2.27. The van der Waals surface area contributed by atoms with Gasteiger partial charge in [0.05, 0.1) is 0 Å². The van der Waals surface area contributed by atoms with Gasteiger partial charge in [0.15, 0.2) is 5.82 Å². The minimum atomic E-state index is -1.31. The van der Waals surface area contributed by atoms with E-state index in [1.54, 1.807) is 0 Å². The van der Waals surface area contributed by atoms with Gasteiger partial charge in [-0.05, 0) is 31.2 Å². The average molecular weight is 253 g/mol. The number of aromatic carboxylic acids is 1. The molecule has 1 aliphatic carbocycles. The van der Waals surface area contributed by atoms with Crippen LogP contribution in [0.4, 0.5) is 4.39 Å². The molecular weight excluding hydrogens is 237 g/mol. The van der Waals surface area contributed by atoms with Gasteiger partial charge in [-0.1, -0.05) is 13.3 Å². The summed E-state index contributed by atoms with van der Waals surface area (Å²) in [5, 5.41) is 8.82. The highest BCUT2D eigenvalue weighted by molar-refractivity contribution is 5.88. The third kappa shape index (κ3) is 2.60. The molecule has 98 valence electrons. The molecule has 1 aromatic rings. The molecule has 1 aliphatic rings. The molecule has 1 aromatic heterocycles. The Labute approximate surface area is 105 Å². The first kappa shape index (κ1) is 12.8. The molecular formula is C13H16FNO3. The lowest BCUT2D eigenvalue weighted by molar-refractivity contribution is 0.0682. The van der Waals surface area contributed by atoms with Crippen LogP contribution in [-0.2, 0) is 0 Å². The number of pyridine rings is 1. The van der Waals surface area contributed by atoms with Gasteiger partial charge in [-0.25, -0.2) is 14.2 Å². The molecule has 18 heavy (non-hydrogen) atoms. The number of carbonyl (C=O) groups is 1. The van der Waals surface area contributed by atoms with Crippen LogP contribution < -0.4 is 4.74 Å². The zero-order valence-corrected chi connectivity index (χ0v) is 10.2. The van der Waals surface area contributed by atoms with Gasteiger partial charge in [0, 0.05) is 6.20 Å².